The molecule has 0 fully saturated rings. The zero-order chi connectivity index (χ0) is 39.1. The van der Waals surface area contributed by atoms with Crippen LogP contribution in [0.3, 0.4) is 0 Å². The minimum Gasteiger partial charge on any atom is -0.466 e. The van der Waals surface area contributed by atoms with E-state index in [-0.39, 0.29) is 18.8 Å². The Morgan fingerprint density at radius 3 is 1.08 bits per heavy atom. The maximum atomic E-state index is 12.9. The molecule has 0 spiro atoms. The summed E-state index contributed by atoms with van der Waals surface area (Å²) in [6, 6.07) is -0.950. The number of ether oxygens (including phenoxy) is 3. The number of carbonyl (C=O) groups excluding carboxylic acids is 3. The van der Waals surface area contributed by atoms with Crippen molar-refractivity contribution in [2.45, 2.75) is 265 Å². The SMILES string of the molecule is CCCCCCCCCCCCCCCCCCOC(=O)CC[C@H](NC(=O)OC(C)(C)C)C(=O)OCCCCCCCCCCCCCCCCCC. The topological polar surface area (TPSA) is 90.9 Å². The van der Waals surface area contributed by atoms with E-state index in [0.29, 0.717) is 13.2 Å². The largest absolute Gasteiger partial charge is 0.466 e. The summed E-state index contributed by atoms with van der Waals surface area (Å²) in [5, 5.41) is 2.62. The molecule has 0 aliphatic rings. The first-order chi connectivity index (χ1) is 25.7. The molecule has 7 heteroatoms. The fourth-order valence-corrected chi connectivity index (χ4v) is 6.79. The van der Waals surface area contributed by atoms with Crippen molar-refractivity contribution in [2.24, 2.45) is 0 Å². The summed E-state index contributed by atoms with van der Waals surface area (Å²) in [4.78, 5) is 37.8. The van der Waals surface area contributed by atoms with E-state index in [2.05, 4.69) is 19.2 Å². The second-order valence-corrected chi connectivity index (χ2v) is 16.7. The first kappa shape index (κ1) is 51.2. The third-order valence-electron chi connectivity index (χ3n) is 10.1. The predicted molar refractivity (Wildman–Crippen MR) is 223 cm³/mol. The first-order valence-corrected chi connectivity index (χ1v) is 23.0. The van der Waals surface area contributed by atoms with Gasteiger partial charge in [0.05, 0.1) is 13.2 Å². The third-order valence-corrected chi connectivity index (χ3v) is 10.1. The monoisotopic (exact) mass is 752 g/mol. The number of carbonyl (C=O) groups is 3. The summed E-state index contributed by atoms with van der Waals surface area (Å²) >= 11 is 0. The van der Waals surface area contributed by atoms with Gasteiger partial charge < -0.3 is 19.5 Å². The van der Waals surface area contributed by atoms with Gasteiger partial charge in [0, 0.05) is 6.42 Å². The van der Waals surface area contributed by atoms with Gasteiger partial charge in [0.2, 0.25) is 0 Å². The number of rotatable bonds is 39. The average Bonchev–Trinajstić information content (AvgIpc) is 3.11. The van der Waals surface area contributed by atoms with Crippen LogP contribution in [0.15, 0.2) is 0 Å². The Kier molecular flexibility index (Phi) is 37.2. The smallest absolute Gasteiger partial charge is 0.408 e. The minimum absolute atomic E-state index is 0.0352. The Morgan fingerprint density at radius 2 is 0.755 bits per heavy atom. The lowest BCUT2D eigenvalue weighted by atomic mass is 10.0. The van der Waals surface area contributed by atoms with Gasteiger partial charge in [0.1, 0.15) is 11.6 Å². The Labute approximate surface area is 329 Å². The molecule has 1 N–H and O–H groups in total. The fourth-order valence-electron chi connectivity index (χ4n) is 6.79. The van der Waals surface area contributed by atoms with Crippen molar-refractivity contribution < 1.29 is 28.6 Å². The molecule has 53 heavy (non-hydrogen) atoms. The van der Waals surface area contributed by atoms with Gasteiger partial charge in [-0.25, -0.2) is 9.59 Å². The molecule has 0 heterocycles. The molecule has 7 nitrogen and oxygen atoms in total. The van der Waals surface area contributed by atoms with E-state index in [0.717, 1.165) is 32.1 Å². The lowest BCUT2D eigenvalue weighted by Crippen LogP contribution is -2.44. The molecular formula is C46H89NO6. The van der Waals surface area contributed by atoms with Crippen LogP contribution in [0.5, 0.6) is 0 Å². The molecule has 314 valence electrons. The molecule has 0 aromatic rings. The second kappa shape index (κ2) is 38.5. The number of hydrogen-bond acceptors (Lipinski definition) is 6. The van der Waals surface area contributed by atoms with Crippen LogP contribution < -0.4 is 5.32 Å². The van der Waals surface area contributed by atoms with Crippen molar-refractivity contribution in [3.63, 3.8) is 0 Å². The Balaban J connectivity index is 4.01. The van der Waals surface area contributed by atoms with Crippen molar-refractivity contribution in [1.82, 2.24) is 5.32 Å². The lowest BCUT2D eigenvalue weighted by molar-refractivity contribution is -0.147. The van der Waals surface area contributed by atoms with Gasteiger partial charge >= 0.3 is 18.0 Å². The number of esters is 2. The van der Waals surface area contributed by atoms with Crippen LogP contribution in [-0.4, -0.2) is 42.9 Å². The summed E-state index contributed by atoms with van der Waals surface area (Å²) < 4.78 is 16.3. The number of amides is 1. The van der Waals surface area contributed by atoms with Gasteiger partial charge in [-0.2, -0.15) is 0 Å². The van der Waals surface area contributed by atoms with Crippen LogP contribution in [0.25, 0.3) is 0 Å². The highest BCUT2D eigenvalue weighted by Gasteiger charge is 2.26. The van der Waals surface area contributed by atoms with Gasteiger partial charge in [-0.1, -0.05) is 206 Å². The molecule has 0 bridgehead atoms. The van der Waals surface area contributed by atoms with E-state index < -0.39 is 23.7 Å². The first-order valence-electron chi connectivity index (χ1n) is 23.0. The standard InChI is InChI=1S/C46H89NO6/c1-6-8-10-12-14-16-18-20-22-24-26-28-30-32-34-36-40-51-43(48)39-38-42(47-45(50)53-46(3,4)5)44(49)52-41-37-35-33-31-29-27-25-23-21-19-17-15-13-11-9-7-2/h42H,6-41H2,1-5H3,(H,47,50)/t42-/m0/s1. The van der Waals surface area contributed by atoms with Crippen LogP contribution in [0.4, 0.5) is 4.79 Å². The summed E-state index contributed by atoms with van der Waals surface area (Å²) in [6.07, 6.45) is 40.8. The molecular weight excluding hydrogens is 663 g/mol. The zero-order valence-electron chi connectivity index (χ0n) is 36.0. The highest BCUT2D eigenvalue weighted by atomic mass is 16.6. The number of alkyl carbamates (subject to hydrolysis) is 1. The highest BCUT2D eigenvalue weighted by molar-refractivity contribution is 5.82. The van der Waals surface area contributed by atoms with Gasteiger partial charge in [0.25, 0.3) is 0 Å². The molecule has 0 aromatic heterocycles. The highest BCUT2D eigenvalue weighted by Crippen LogP contribution is 2.16. The van der Waals surface area contributed by atoms with Crippen molar-refractivity contribution in [1.29, 1.82) is 0 Å². The molecule has 0 saturated carbocycles. The fraction of sp³-hybridized carbons (Fsp3) is 0.935. The van der Waals surface area contributed by atoms with Gasteiger partial charge in [-0.15, -0.1) is 0 Å². The molecule has 1 atom stereocenters. The summed E-state index contributed by atoms with van der Waals surface area (Å²) in [5.74, 6) is -0.880. The summed E-state index contributed by atoms with van der Waals surface area (Å²) in [7, 11) is 0. The minimum atomic E-state index is -0.950. The lowest BCUT2D eigenvalue weighted by Gasteiger charge is -2.23. The molecule has 1 amide bonds. The molecule has 0 aliphatic heterocycles. The Morgan fingerprint density at radius 1 is 0.453 bits per heavy atom. The molecule has 0 saturated heterocycles. The summed E-state index contributed by atoms with van der Waals surface area (Å²) in [5.41, 5.74) is -0.696. The van der Waals surface area contributed by atoms with Crippen LogP contribution in [0.2, 0.25) is 0 Å². The van der Waals surface area contributed by atoms with E-state index in [1.807, 2.05) is 0 Å². The number of nitrogens with one attached hydrogen (secondary N) is 1. The quantitative estimate of drug-likeness (QED) is 0.0382. The van der Waals surface area contributed by atoms with Gasteiger partial charge in [0.15, 0.2) is 0 Å². The van der Waals surface area contributed by atoms with E-state index in [1.54, 1.807) is 20.8 Å². The molecule has 0 aliphatic carbocycles. The molecule has 0 aromatic carbocycles. The van der Waals surface area contributed by atoms with Crippen molar-refractivity contribution in [3.8, 4) is 0 Å². The Bertz CT molecular complexity index is 825. The summed E-state index contributed by atoms with van der Waals surface area (Å²) in [6.45, 7) is 10.6. The zero-order valence-corrected chi connectivity index (χ0v) is 36.0. The van der Waals surface area contributed by atoms with E-state index >= 15 is 0 Å². The van der Waals surface area contributed by atoms with Gasteiger partial charge in [-0.05, 0) is 40.0 Å². The van der Waals surface area contributed by atoms with Crippen LogP contribution in [0, 0.1) is 0 Å². The van der Waals surface area contributed by atoms with Crippen LogP contribution in [-0.2, 0) is 23.8 Å². The third kappa shape index (κ3) is 39.7. The number of hydrogen-bond donors (Lipinski definition) is 1. The maximum absolute atomic E-state index is 12.9. The predicted octanol–water partition coefficient (Wildman–Crippen LogP) is 14.3. The van der Waals surface area contributed by atoms with Crippen molar-refractivity contribution in [2.75, 3.05) is 13.2 Å². The molecule has 0 unspecified atom stereocenters. The van der Waals surface area contributed by atoms with Gasteiger partial charge in [-0.3, -0.25) is 4.79 Å². The Hall–Kier alpha value is -1.79. The normalized spacial score (nSPS) is 12.1. The van der Waals surface area contributed by atoms with Crippen molar-refractivity contribution in [3.05, 3.63) is 0 Å². The second-order valence-electron chi connectivity index (χ2n) is 16.7. The van der Waals surface area contributed by atoms with Crippen LogP contribution >= 0.6 is 0 Å². The molecule has 0 radical (unpaired) electrons. The van der Waals surface area contributed by atoms with Crippen LogP contribution in [0.1, 0.15) is 253 Å². The van der Waals surface area contributed by atoms with E-state index in [4.69, 9.17) is 14.2 Å². The maximum Gasteiger partial charge on any atom is 0.408 e. The van der Waals surface area contributed by atoms with E-state index in [9.17, 15) is 14.4 Å². The average molecular weight is 752 g/mol. The van der Waals surface area contributed by atoms with E-state index in [1.165, 1.54) is 173 Å². The number of unbranched alkanes of at least 4 members (excludes halogenated alkanes) is 30. The molecule has 0 rings (SSSR count). The van der Waals surface area contributed by atoms with Crippen molar-refractivity contribution >= 4 is 18.0 Å².